The molecule has 6 heteroatoms. The zero-order valence-corrected chi connectivity index (χ0v) is 11.6. The highest BCUT2D eigenvalue weighted by molar-refractivity contribution is 5.54. The minimum absolute atomic E-state index is 0.296. The molecule has 0 aliphatic rings. The number of anilines is 3. The molecule has 1 heterocycles. The third-order valence-corrected chi connectivity index (χ3v) is 2.60. The van der Waals surface area contributed by atoms with Crippen LogP contribution in [0.2, 0.25) is 0 Å². The van der Waals surface area contributed by atoms with E-state index < -0.39 is 0 Å². The molecule has 0 spiro atoms. The second kappa shape index (κ2) is 6.81. The minimum Gasteiger partial charge on any atom is -0.369 e. The predicted molar refractivity (Wildman–Crippen MR) is 78.8 cm³/mol. The highest BCUT2D eigenvalue weighted by Crippen LogP contribution is 2.14. The van der Waals surface area contributed by atoms with Crippen molar-refractivity contribution in [3.63, 3.8) is 0 Å². The van der Waals surface area contributed by atoms with E-state index >= 15 is 0 Å². The highest BCUT2D eigenvalue weighted by atomic mass is 19.1. The summed E-state index contributed by atoms with van der Waals surface area (Å²) >= 11 is 0. The number of hydrogen-bond donors (Lipinski definition) is 2. The van der Waals surface area contributed by atoms with Crippen molar-refractivity contribution in [1.29, 1.82) is 0 Å². The summed E-state index contributed by atoms with van der Waals surface area (Å²) in [6.07, 6.45) is 1.66. The van der Waals surface area contributed by atoms with Crippen LogP contribution in [0.4, 0.5) is 21.8 Å². The van der Waals surface area contributed by atoms with Crippen LogP contribution in [0.15, 0.2) is 36.5 Å². The van der Waals surface area contributed by atoms with Crippen LogP contribution in [-0.2, 0) is 0 Å². The minimum atomic E-state index is -0.296. The molecule has 1 aromatic carbocycles. The molecule has 0 radical (unpaired) electrons. The van der Waals surface area contributed by atoms with Crippen molar-refractivity contribution >= 4 is 17.5 Å². The average molecular weight is 275 g/mol. The molecule has 20 heavy (non-hydrogen) atoms. The van der Waals surface area contributed by atoms with Gasteiger partial charge in [0.15, 0.2) is 0 Å². The van der Waals surface area contributed by atoms with Crippen molar-refractivity contribution in [2.75, 3.05) is 37.8 Å². The number of nitrogens with one attached hydrogen (secondary N) is 2. The lowest BCUT2D eigenvalue weighted by Gasteiger charge is -2.11. The van der Waals surface area contributed by atoms with E-state index in [2.05, 4.69) is 25.5 Å². The molecule has 106 valence electrons. The van der Waals surface area contributed by atoms with Crippen LogP contribution >= 0.6 is 0 Å². The maximum atomic E-state index is 13.1. The van der Waals surface area contributed by atoms with Gasteiger partial charge in [-0.3, -0.25) is 0 Å². The molecule has 0 aliphatic heterocycles. The molecule has 2 aromatic rings. The lowest BCUT2D eigenvalue weighted by atomic mass is 10.3. The topological polar surface area (TPSA) is 53.1 Å². The molecule has 0 atom stereocenters. The van der Waals surface area contributed by atoms with E-state index in [0.29, 0.717) is 11.6 Å². The van der Waals surface area contributed by atoms with Crippen molar-refractivity contribution in [2.45, 2.75) is 0 Å². The van der Waals surface area contributed by atoms with Gasteiger partial charge in [-0.1, -0.05) is 6.07 Å². The van der Waals surface area contributed by atoms with Crippen LogP contribution in [0.25, 0.3) is 0 Å². The maximum absolute atomic E-state index is 13.1. The molecule has 2 rings (SSSR count). The number of nitrogens with zero attached hydrogens (tertiary/aromatic N) is 3. The maximum Gasteiger partial charge on any atom is 0.229 e. The normalized spacial score (nSPS) is 10.6. The molecule has 0 amide bonds. The first kappa shape index (κ1) is 14.2. The van der Waals surface area contributed by atoms with E-state index in [1.807, 2.05) is 14.1 Å². The largest absolute Gasteiger partial charge is 0.369 e. The van der Waals surface area contributed by atoms with Gasteiger partial charge in [0.25, 0.3) is 0 Å². The van der Waals surface area contributed by atoms with E-state index in [1.54, 1.807) is 24.4 Å². The Labute approximate surface area is 117 Å². The summed E-state index contributed by atoms with van der Waals surface area (Å²) in [5.74, 6) is 0.876. The third-order valence-electron chi connectivity index (χ3n) is 2.60. The van der Waals surface area contributed by atoms with Crippen molar-refractivity contribution in [1.82, 2.24) is 14.9 Å². The van der Waals surface area contributed by atoms with Crippen molar-refractivity contribution in [2.24, 2.45) is 0 Å². The van der Waals surface area contributed by atoms with Gasteiger partial charge in [-0.2, -0.15) is 4.98 Å². The quantitative estimate of drug-likeness (QED) is 0.847. The van der Waals surface area contributed by atoms with Gasteiger partial charge >= 0.3 is 0 Å². The second-order valence-electron chi connectivity index (χ2n) is 4.63. The number of aromatic nitrogens is 2. The number of likely N-dealkylation sites (N-methyl/N-ethyl adjacent to an activating group) is 1. The first-order valence-electron chi connectivity index (χ1n) is 6.38. The molecule has 0 unspecified atom stereocenters. The van der Waals surface area contributed by atoms with Crippen molar-refractivity contribution in [3.8, 4) is 0 Å². The fourth-order valence-electron chi connectivity index (χ4n) is 1.62. The van der Waals surface area contributed by atoms with Crippen LogP contribution in [0.5, 0.6) is 0 Å². The number of rotatable bonds is 6. The Kier molecular flexibility index (Phi) is 4.84. The van der Waals surface area contributed by atoms with Gasteiger partial charge in [-0.25, -0.2) is 9.37 Å². The summed E-state index contributed by atoms with van der Waals surface area (Å²) in [5.41, 5.74) is 0.621. The summed E-state index contributed by atoms with van der Waals surface area (Å²) in [4.78, 5) is 10.5. The Hall–Kier alpha value is -2.21. The fraction of sp³-hybridized carbons (Fsp3) is 0.286. The van der Waals surface area contributed by atoms with Gasteiger partial charge in [0.1, 0.15) is 11.6 Å². The molecule has 2 N–H and O–H groups in total. The Morgan fingerprint density at radius 1 is 1.25 bits per heavy atom. The summed E-state index contributed by atoms with van der Waals surface area (Å²) in [7, 11) is 4.02. The van der Waals surface area contributed by atoms with Gasteiger partial charge in [-0.05, 0) is 38.4 Å². The molecule has 0 saturated heterocycles. The Morgan fingerprint density at radius 3 is 2.85 bits per heavy atom. The molecule has 0 bridgehead atoms. The van der Waals surface area contributed by atoms with Gasteiger partial charge in [-0.15, -0.1) is 0 Å². The van der Waals surface area contributed by atoms with Gasteiger partial charge < -0.3 is 15.5 Å². The summed E-state index contributed by atoms with van der Waals surface area (Å²) < 4.78 is 13.1. The van der Waals surface area contributed by atoms with E-state index in [1.165, 1.54) is 12.1 Å². The zero-order chi connectivity index (χ0) is 14.4. The number of halogens is 1. The fourth-order valence-corrected chi connectivity index (χ4v) is 1.62. The molecular weight excluding hydrogens is 257 g/mol. The third kappa shape index (κ3) is 4.47. The van der Waals surface area contributed by atoms with Gasteiger partial charge in [0.2, 0.25) is 5.95 Å². The monoisotopic (exact) mass is 275 g/mol. The predicted octanol–water partition coefficient (Wildman–Crippen LogP) is 2.33. The number of hydrogen-bond acceptors (Lipinski definition) is 5. The van der Waals surface area contributed by atoms with Crippen molar-refractivity contribution < 1.29 is 4.39 Å². The summed E-state index contributed by atoms with van der Waals surface area (Å²) in [6, 6.07) is 7.99. The molecule has 1 aromatic heterocycles. The van der Waals surface area contributed by atoms with Gasteiger partial charge in [0, 0.05) is 25.0 Å². The first-order chi connectivity index (χ1) is 9.63. The molecule has 5 nitrogen and oxygen atoms in total. The van der Waals surface area contributed by atoms with E-state index in [4.69, 9.17) is 0 Å². The van der Waals surface area contributed by atoms with E-state index in [-0.39, 0.29) is 5.82 Å². The Balaban J connectivity index is 1.99. The Morgan fingerprint density at radius 2 is 2.10 bits per heavy atom. The van der Waals surface area contributed by atoms with Crippen LogP contribution in [0, 0.1) is 5.82 Å². The average Bonchev–Trinajstić information content (AvgIpc) is 2.39. The lowest BCUT2D eigenvalue weighted by molar-refractivity contribution is 0.425. The second-order valence-corrected chi connectivity index (χ2v) is 4.63. The van der Waals surface area contributed by atoms with E-state index in [9.17, 15) is 4.39 Å². The summed E-state index contributed by atoms with van der Waals surface area (Å²) in [5, 5.41) is 6.18. The van der Waals surface area contributed by atoms with Gasteiger partial charge in [0.05, 0.1) is 0 Å². The highest BCUT2D eigenvalue weighted by Gasteiger charge is 2.01. The molecule has 0 aliphatic carbocycles. The lowest BCUT2D eigenvalue weighted by Crippen LogP contribution is -2.21. The first-order valence-corrected chi connectivity index (χ1v) is 6.38. The smallest absolute Gasteiger partial charge is 0.229 e. The number of benzene rings is 1. The van der Waals surface area contributed by atoms with E-state index in [0.717, 1.165) is 18.9 Å². The molecular formula is C14H18FN5. The molecule has 0 fully saturated rings. The zero-order valence-electron chi connectivity index (χ0n) is 11.6. The van der Waals surface area contributed by atoms with Crippen LogP contribution in [-0.4, -0.2) is 42.1 Å². The van der Waals surface area contributed by atoms with Crippen LogP contribution < -0.4 is 10.6 Å². The summed E-state index contributed by atoms with van der Waals surface area (Å²) in [6.45, 7) is 1.71. The SMILES string of the molecule is CN(C)CCNc1ccnc(Nc2cccc(F)c2)n1. The molecule has 0 saturated carbocycles. The van der Waals surface area contributed by atoms with Crippen LogP contribution in [0.3, 0.4) is 0 Å². The van der Waals surface area contributed by atoms with Crippen molar-refractivity contribution in [3.05, 3.63) is 42.3 Å². The Bertz CT molecular complexity index is 559. The standard InChI is InChI=1S/C14H18FN5/c1-20(2)9-8-16-13-6-7-17-14(19-13)18-12-5-3-4-11(15)10-12/h3-7,10H,8-9H2,1-2H3,(H2,16,17,18,19). The van der Waals surface area contributed by atoms with Crippen LogP contribution in [0.1, 0.15) is 0 Å².